The van der Waals surface area contributed by atoms with Crippen molar-refractivity contribution < 1.29 is 4.74 Å². The topological polar surface area (TPSA) is 52.5 Å². The largest absolute Gasteiger partial charge is 0.493 e. The van der Waals surface area contributed by atoms with Gasteiger partial charge in [-0.15, -0.1) is 0 Å². The fourth-order valence-electron chi connectivity index (χ4n) is 3.09. The molecule has 19 heavy (non-hydrogen) atoms. The number of nitrogen functional groups attached to an aromatic ring is 1. The van der Waals surface area contributed by atoms with Gasteiger partial charge in [0.1, 0.15) is 5.82 Å². The van der Waals surface area contributed by atoms with Crippen LogP contribution in [0.25, 0.3) is 5.65 Å². The Balaban J connectivity index is 2.06. The van der Waals surface area contributed by atoms with E-state index >= 15 is 0 Å². The van der Waals surface area contributed by atoms with E-state index in [0.29, 0.717) is 5.92 Å². The van der Waals surface area contributed by atoms with Crippen LogP contribution in [-0.4, -0.2) is 16.5 Å². The number of methoxy groups -OCH3 is 1. The summed E-state index contributed by atoms with van der Waals surface area (Å²) < 4.78 is 7.31. The van der Waals surface area contributed by atoms with Gasteiger partial charge in [-0.2, -0.15) is 0 Å². The van der Waals surface area contributed by atoms with Gasteiger partial charge in [0, 0.05) is 12.1 Å². The minimum atomic E-state index is 0.507. The van der Waals surface area contributed by atoms with Crippen LogP contribution in [0, 0.1) is 0 Å². The van der Waals surface area contributed by atoms with Gasteiger partial charge in [0.2, 0.25) is 0 Å². The maximum atomic E-state index is 6.29. The van der Waals surface area contributed by atoms with Crippen LogP contribution in [-0.2, 0) is 0 Å². The Morgan fingerprint density at radius 2 is 2.00 bits per heavy atom. The summed E-state index contributed by atoms with van der Waals surface area (Å²) >= 11 is 0. The highest BCUT2D eigenvalue weighted by Gasteiger charge is 2.22. The van der Waals surface area contributed by atoms with Crippen molar-refractivity contribution in [3.63, 3.8) is 0 Å². The SMILES string of the molecule is COc1cccn2c(N)c(C3CCCCCC3)nc12. The summed E-state index contributed by atoms with van der Waals surface area (Å²) in [4.78, 5) is 4.76. The summed E-state index contributed by atoms with van der Waals surface area (Å²) in [6.45, 7) is 0. The van der Waals surface area contributed by atoms with Gasteiger partial charge < -0.3 is 10.5 Å². The van der Waals surface area contributed by atoms with Crippen molar-refractivity contribution in [2.45, 2.75) is 44.4 Å². The molecule has 0 aromatic carbocycles. The molecule has 0 aliphatic heterocycles. The monoisotopic (exact) mass is 259 g/mol. The molecule has 0 spiro atoms. The fraction of sp³-hybridized carbons (Fsp3) is 0.533. The summed E-state index contributed by atoms with van der Waals surface area (Å²) in [5.74, 6) is 2.07. The van der Waals surface area contributed by atoms with Crippen LogP contribution in [0.5, 0.6) is 5.75 Å². The summed E-state index contributed by atoms with van der Waals surface area (Å²) in [7, 11) is 1.67. The van der Waals surface area contributed by atoms with Crippen molar-refractivity contribution in [3.05, 3.63) is 24.0 Å². The lowest BCUT2D eigenvalue weighted by atomic mass is 9.97. The molecule has 2 aromatic rings. The minimum Gasteiger partial charge on any atom is -0.493 e. The molecule has 0 amide bonds. The second-order valence-corrected chi connectivity index (χ2v) is 5.34. The highest BCUT2D eigenvalue weighted by molar-refractivity contribution is 5.61. The zero-order valence-corrected chi connectivity index (χ0v) is 11.4. The number of ether oxygens (including phenoxy) is 1. The van der Waals surface area contributed by atoms with E-state index in [-0.39, 0.29) is 0 Å². The number of hydrogen-bond acceptors (Lipinski definition) is 3. The first-order valence-corrected chi connectivity index (χ1v) is 7.11. The van der Waals surface area contributed by atoms with Crippen LogP contribution >= 0.6 is 0 Å². The Kier molecular flexibility index (Phi) is 3.32. The third-order valence-corrected chi connectivity index (χ3v) is 4.14. The van der Waals surface area contributed by atoms with E-state index in [1.54, 1.807) is 7.11 Å². The number of fused-ring (bicyclic) bond motifs is 1. The molecule has 0 bridgehead atoms. The highest BCUT2D eigenvalue weighted by atomic mass is 16.5. The number of rotatable bonds is 2. The Morgan fingerprint density at radius 3 is 2.68 bits per heavy atom. The third kappa shape index (κ3) is 2.15. The molecule has 3 rings (SSSR count). The zero-order chi connectivity index (χ0) is 13.2. The molecule has 1 fully saturated rings. The fourth-order valence-corrected chi connectivity index (χ4v) is 3.09. The number of pyridine rings is 1. The molecule has 4 nitrogen and oxygen atoms in total. The van der Waals surface area contributed by atoms with E-state index in [1.807, 2.05) is 22.7 Å². The number of nitrogens with two attached hydrogens (primary N) is 1. The molecule has 4 heteroatoms. The summed E-state index contributed by atoms with van der Waals surface area (Å²) in [5.41, 5.74) is 8.19. The van der Waals surface area contributed by atoms with Gasteiger partial charge >= 0.3 is 0 Å². The molecule has 1 aliphatic rings. The van der Waals surface area contributed by atoms with E-state index < -0.39 is 0 Å². The number of imidazole rings is 1. The van der Waals surface area contributed by atoms with Crippen LogP contribution in [0.4, 0.5) is 5.82 Å². The lowest BCUT2D eigenvalue weighted by Gasteiger charge is -2.11. The molecule has 102 valence electrons. The molecule has 2 aromatic heterocycles. The number of nitrogens with zero attached hydrogens (tertiary/aromatic N) is 2. The summed E-state index contributed by atoms with van der Waals surface area (Å²) in [5, 5.41) is 0. The molecular formula is C15H21N3O. The first kappa shape index (κ1) is 12.3. The van der Waals surface area contributed by atoms with Gasteiger partial charge in [0.15, 0.2) is 11.4 Å². The van der Waals surface area contributed by atoms with Crippen LogP contribution < -0.4 is 10.5 Å². The highest BCUT2D eigenvalue weighted by Crippen LogP contribution is 2.35. The van der Waals surface area contributed by atoms with Crippen LogP contribution in [0.3, 0.4) is 0 Å². The number of anilines is 1. The van der Waals surface area contributed by atoms with E-state index in [9.17, 15) is 0 Å². The predicted octanol–water partition coefficient (Wildman–Crippen LogP) is 3.36. The first-order valence-electron chi connectivity index (χ1n) is 7.11. The molecule has 1 aliphatic carbocycles. The van der Waals surface area contributed by atoms with E-state index in [4.69, 9.17) is 15.5 Å². The van der Waals surface area contributed by atoms with E-state index in [0.717, 1.165) is 22.9 Å². The van der Waals surface area contributed by atoms with Gasteiger partial charge in [-0.25, -0.2) is 4.98 Å². The first-order chi connectivity index (χ1) is 9.31. The van der Waals surface area contributed by atoms with Crippen molar-refractivity contribution in [1.29, 1.82) is 0 Å². The average Bonchev–Trinajstić information content (AvgIpc) is 2.65. The van der Waals surface area contributed by atoms with Gasteiger partial charge in [0.25, 0.3) is 0 Å². The predicted molar refractivity (Wildman–Crippen MR) is 76.6 cm³/mol. The Hall–Kier alpha value is -1.71. The lowest BCUT2D eigenvalue weighted by molar-refractivity contribution is 0.417. The summed E-state index contributed by atoms with van der Waals surface area (Å²) in [6.07, 6.45) is 9.62. The smallest absolute Gasteiger partial charge is 0.181 e. The maximum absolute atomic E-state index is 6.29. The van der Waals surface area contributed by atoms with Gasteiger partial charge in [-0.1, -0.05) is 25.7 Å². The van der Waals surface area contributed by atoms with Crippen molar-refractivity contribution in [2.24, 2.45) is 0 Å². The minimum absolute atomic E-state index is 0.507. The second-order valence-electron chi connectivity index (χ2n) is 5.34. The molecule has 0 radical (unpaired) electrons. The molecular weight excluding hydrogens is 238 g/mol. The van der Waals surface area contributed by atoms with Crippen LogP contribution in [0.1, 0.15) is 50.1 Å². The molecule has 0 atom stereocenters. The summed E-state index contributed by atoms with van der Waals surface area (Å²) in [6, 6.07) is 3.87. The van der Waals surface area contributed by atoms with Gasteiger partial charge in [-0.3, -0.25) is 4.40 Å². The standard InChI is InChI=1S/C15H21N3O/c1-19-12-9-6-10-18-14(16)13(17-15(12)18)11-7-4-2-3-5-8-11/h6,9-11H,2-5,7-8,16H2,1H3. The molecule has 0 saturated heterocycles. The average molecular weight is 259 g/mol. The normalized spacial score (nSPS) is 17.5. The number of hydrogen-bond donors (Lipinski definition) is 1. The Morgan fingerprint density at radius 1 is 1.26 bits per heavy atom. The van der Waals surface area contributed by atoms with Crippen molar-refractivity contribution in [3.8, 4) is 5.75 Å². The zero-order valence-electron chi connectivity index (χ0n) is 11.4. The van der Waals surface area contributed by atoms with Crippen LogP contribution in [0.15, 0.2) is 18.3 Å². The second kappa shape index (κ2) is 5.11. The van der Waals surface area contributed by atoms with Crippen molar-refractivity contribution >= 4 is 11.5 Å². The molecule has 1 saturated carbocycles. The van der Waals surface area contributed by atoms with Crippen molar-refractivity contribution in [2.75, 3.05) is 12.8 Å². The third-order valence-electron chi connectivity index (χ3n) is 4.14. The van der Waals surface area contributed by atoms with Gasteiger partial charge in [-0.05, 0) is 25.0 Å². The lowest BCUT2D eigenvalue weighted by Crippen LogP contribution is -2.02. The number of aromatic nitrogens is 2. The van der Waals surface area contributed by atoms with Crippen LogP contribution in [0.2, 0.25) is 0 Å². The molecule has 2 N–H and O–H groups in total. The Labute approximate surface area is 113 Å². The van der Waals surface area contributed by atoms with Crippen molar-refractivity contribution in [1.82, 2.24) is 9.38 Å². The maximum Gasteiger partial charge on any atom is 0.181 e. The van der Waals surface area contributed by atoms with E-state index in [2.05, 4.69) is 0 Å². The Bertz CT molecular complexity index is 568. The molecule has 2 heterocycles. The van der Waals surface area contributed by atoms with E-state index in [1.165, 1.54) is 38.5 Å². The van der Waals surface area contributed by atoms with Gasteiger partial charge in [0.05, 0.1) is 12.8 Å². The molecule has 0 unspecified atom stereocenters. The quantitative estimate of drug-likeness (QED) is 0.841.